The molecular formula is C25H23NO6S. The Kier molecular flexibility index (Phi) is 5.70. The first-order valence-corrected chi connectivity index (χ1v) is 12.0. The first-order valence-electron chi connectivity index (χ1n) is 10.6. The number of hydrogen-bond acceptors (Lipinski definition) is 6. The third-order valence-corrected chi connectivity index (χ3v) is 6.96. The fraction of sp³-hybridized carbons (Fsp3) is 0.200. The molecule has 2 aliphatic rings. The molecule has 1 N–H and O–H groups in total. The predicted octanol–water partition coefficient (Wildman–Crippen LogP) is 4.25. The molecule has 170 valence electrons. The van der Waals surface area contributed by atoms with Gasteiger partial charge in [0.15, 0.2) is 23.0 Å². The summed E-state index contributed by atoms with van der Waals surface area (Å²) in [6.07, 6.45) is 2.50. The normalized spacial score (nSPS) is 13.7. The summed E-state index contributed by atoms with van der Waals surface area (Å²) in [5, 5.41) is 0. The zero-order chi connectivity index (χ0) is 22.8. The van der Waals surface area contributed by atoms with Crippen LogP contribution < -0.4 is 23.7 Å². The lowest BCUT2D eigenvalue weighted by atomic mass is 9.96. The Morgan fingerprint density at radius 3 is 1.94 bits per heavy atom. The standard InChI is InChI=1S/C25H23NO6S/c1-17-4-8-20(9-5-17)33(27,28)26-12-2-3-21(18-6-10-22-24(13-18)31-15-29-22)19-7-11-23-25(14-19)32-16-30-23/h3-11,13-14,26H,2,12,15-16H2,1H3. The number of nitrogens with one attached hydrogen (secondary N) is 1. The van der Waals surface area contributed by atoms with Gasteiger partial charge in [0.1, 0.15) is 0 Å². The van der Waals surface area contributed by atoms with E-state index in [1.165, 1.54) is 0 Å². The van der Waals surface area contributed by atoms with Crippen molar-refractivity contribution in [1.82, 2.24) is 4.72 Å². The fourth-order valence-corrected chi connectivity index (χ4v) is 4.79. The molecule has 0 atom stereocenters. The highest BCUT2D eigenvalue weighted by Crippen LogP contribution is 2.39. The van der Waals surface area contributed by atoms with Crippen LogP contribution in [0.2, 0.25) is 0 Å². The molecule has 2 aliphatic heterocycles. The smallest absolute Gasteiger partial charge is 0.240 e. The first-order chi connectivity index (χ1) is 16.0. The molecule has 0 radical (unpaired) electrons. The third kappa shape index (κ3) is 4.53. The maximum absolute atomic E-state index is 12.6. The van der Waals surface area contributed by atoms with Crippen LogP contribution in [0.5, 0.6) is 23.0 Å². The molecule has 0 spiro atoms. The van der Waals surface area contributed by atoms with Crippen LogP contribution in [0.1, 0.15) is 23.1 Å². The van der Waals surface area contributed by atoms with Gasteiger partial charge in [-0.05, 0) is 66.4 Å². The van der Waals surface area contributed by atoms with E-state index in [-0.39, 0.29) is 25.0 Å². The van der Waals surface area contributed by atoms with Crippen LogP contribution in [0.25, 0.3) is 5.57 Å². The minimum absolute atomic E-state index is 0.197. The maximum Gasteiger partial charge on any atom is 0.240 e. The van der Waals surface area contributed by atoms with Crippen LogP contribution in [-0.2, 0) is 10.0 Å². The molecule has 0 bridgehead atoms. The van der Waals surface area contributed by atoms with E-state index >= 15 is 0 Å². The van der Waals surface area contributed by atoms with Gasteiger partial charge in [0.05, 0.1) is 4.90 Å². The summed E-state index contributed by atoms with van der Waals surface area (Å²) in [5.74, 6) is 2.77. The Hall–Kier alpha value is -3.49. The molecule has 0 amide bonds. The molecule has 3 aromatic carbocycles. The van der Waals surface area contributed by atoms with E-state index < -0.39 is 10.0 Å². The van der Waals surface area contributed by atoms with Crippen molar-refractivity contribution >= 4 is 15.6 Å². The van der Waals surface area contributed by atoms with Gasteiger partial charge in [-0.25, -0.2) is 13.1 Å². The zero-order valence-electron chi connectivity index (χ0n) is 18.0. The van der Waals surface area contributed by atoms with Crippen LogP contribution in [0.15, 0.2) is 71.6 Å². The van der Waals surface area contributed by atoms with Gasteiger partial charge in [0.2, 0.25) is 23.6 Å². The first kappa shape index (κ1) is 21.4. The summed E-state index contributed by atoms with van der Waals surface area (Å²) >= 11 is 0. The minimum atomic E-state index is -3.57. The molecule has 2 heterocycles. The molecule has 0 unspecified atom stereocenters. The number of hydrogen-bond donors (Lipinski definition) is 1. The number of fused-ring (bicyclic) bond motifs is 2. The van der Waals surface area contributed by atoms with Gasteiger partial charge < -0.3 is 18.9 Å². The van der Waals surface area contributed by atoms with Gasteiger partial charge in [0, 0.05) is 6.54 Å². The van der Waals surface area contributed by atoms with Crippen LogP contribution >= 0.6 is 0 Å². The van der Waals surface area contributed by atoms with E-state index in [9.17, 15) is 8.42 Å². The molecule has 0 aliphatic carbocycles. The third-order valence-electron chi connectivity index (χ3n) is 5.48. The number of sulfonamides is 1. The van der Waals surface area contributed by atoms with Crippen LogP contribution in [0.4, 0.5) is 0 Å². The number of rotatable bonds is 7. The van der Waals surface area contributed by atoms with Crippen molar-refractivity contribution in [2.45, 2.75) is 18.2 Å². The van der Waals surface area contributed by atoms with Gasteiger partial charge in [-0.1, -0.05) is 35.9 Å². The lowest BCUT2D eigenvalue weighted by Crippen LogP contribution is -2.24. The van der Waals surface area contributed by atoms with Gasteiger partial charge in [-0.2, -0.15) is 0 Å². The maximum atomic E-state index is 12.6. The fourth-order valence-electron chi connectivity index (χ4n) is 3.74. The topological polar surface area (TPSA) is 83.1 Å². The zero-order valence-corrected chi connectivity index (χ0v) is 18.9. The lowest BCUT2D eigenvalue weighted by molar-refractivity contribution is 0.173. The average Bonchev–Trinajstić information content (AvgIpc) is 3.47. The van der Waals surface area contributed by atoms with E-state index in [1.54, 1.807) is 24.3 Å². The molecule has 8 heteroatoms. The van der Waals surface area contributed by atoms with Gasteiger partial charge >= 0.3 is 0 Å². The van der Waals surface area contributed by atoms with Crippen LogP contribution in [0.3, 0.4) is 0 Å². The van der Waals surface area contributed by atoms with E-state index in [0.29, 0.717) is 29.4 Å². The summed E-state index contributed by atoms with van der Waals surface area (Å²) in [5.41, 5.74) is 3.80. The van der Waals surface area contributed by atoms with Crippen molar-refractivity contribution in [3.05, 3.63) is 83.4 Å². The molecule has 7 nitrogen and oxygen atoms in total. The molecular weight excluding hydrogens is 442 g/mol. The molecule has 5 rings (SSSR count). The highest BCUT2D eigenvalue weighted by molar-refractivity contribution is 7.89. The van der Waals surface area contributed by atoms with E-state index in [1.807, 2.05) is 49.4 Å². The Balaban J connectivity index is 1.39. The van der Waals surface area contributed by atoms with E-state index in [4.69, 9.17) is 18.9 Å². The highest BCUT2D eigenvalue weighted by Gasteiger charge is 2.19. The SMILES string of the molecule is Cc1ccc(S(=O)(=O)NCCC=C(c2ccc3c(c2)OCO3)c2ccc3c(c2)OCO3)cc1. The van der Waals surface area contributed by atoms with Crippen LogP contribution in [0, 0.1) is 6.92 Å². The monoisotopic (exact) mass is 465 g/mol. The molecule has 0 fully saturated rings. The summed E-state index contributed by atoms with van der Waals surface area (Å²) in [4.78, 5) is 0.254. The molecule has 0 saturated heterocycles. The number of benzene rings is 3. The van der Waals surface area contributed by atoms with Crippen molar-refractivity contribution in [3.63, 3.8) is 0 Å². The van der Waals surface area contributed by atoms with Crippen molar-refractivity contribution in [1.29, 1.82) is 0 Å². The van der Waals surface area contributed by atoms with Gasteiger partial charge in [-0.3, -0.25) is 0 Å². The van der Waals surface area contributed by atoms with Crippen molar-refractivity contribution in [3.8, 4) is 23.0 Å². The lowest BCUT2D eigenvalue weighted by Gasteiger charge is -2.11. The number of ether oxygens (including phenoxy) is 4. The van der Waals surface area contributed by atoms with Crippen molar-refractivity contribution in [2.75, 3.05) is 20.1 Å². The van der Waals surface area contributed by atoms with Crippen molar-refractivity contribution in [2.24, 2.45) is 0 Å². The summed E-state index contributed by atoms with van der Waals surface area (Å²) in [6.45, 7) is 2.57. The molecule has 33 heavy (non-hydrogen) atoms. The summed E-state index contributed by atoms with van der Waals surface area (Å²) < 4.78 is 49.8. The number of aryl methyl sites for hydroxylation is 1. The average molecular weight is 466 g/mol. The molecule has 0 saturated carbocycles. The minimum Gasteiger partial charge on any atom is -0.454 e. The molecule has 3 aromatic rings. The summed E-state index contributed by atoms with van der Waals surface area (Å²) in [7, 11) is -3.57. The van der Waals surface area contributed by atoms with E-state index in [0.717, 1.165) is 22.3 Å². The Labute approximate surface area is 192 Å². The predicted molar refractivity (Wildman–Crippen MR) is 123 cm³/mol. The second-order valence-corrected chi connectivity index (χ2v) is 9.52. The quantitative estimate of drug-likeness (QED) is 0.525. The largest absolute Gasteiger partial charge is 0.454 e. The van der Waals surface area contributed by atoms with Gasteiger partial charge in [0.25, 0.3) is 0 Å². The second-order valence-electron chi connectivity index (χ2n) is 7.75. The Bertz CT molecular complexity index is 1260. The Morgan fingerprint density at radius 2 is 1.36 bits per heavy atom. The van der Waals surface area contributed by atoms with Gasteiger partial charge in [-0.15, -0.1) is 0 Å². The highest BCUT2D eigenvalue weighted by atomic mass is 32.2. The second kappa shape index (κ2) is 8.80. The van der Waals surface area contributed by atoms with Crippen molar-refractivity contribution < 1.29 is 27.4 Å². The van der Waals surface area contributed by atoms with E-state index in [2.05, 4.69) is 4.72 Å². The summed E-state index contributed by atoms with van der Waals surface area (Å²) in [6, 6.07) is 18.3. The Morgan fingerprint density at radius 1 is 0.818 bits per heavy atom. The van der Waals surface area contributed by atoms with Crippen LogP contribution in [-0.4, -0.2) is 28.5 Å². The molecule has 0 aromatic heterocycles.